The molecule has 1 saturated heterocycles. The number of ether oxygens (including phenoxy) is 1. The van der Waals surface area contributed by atoms with Crippen LogP contribution < -0.4 is 11.1 Å². The Bertz CT molecular complexity index is 366. The standard InChI is InChI=1S/C17H30N2O2/c18-12-17(8-2-1-3-9-17)11-16(20)19-14-5-4-6-15-13(14)7-10-21-15/h13-15H,1-12,18H2,(H,19,20). The van der Waals surface area contributed by atoms with Crippen molar-refractivity contribution in [2.24, 2.45) is 17.1 Å². The van der Waals surface area contributed by atoms with E-state index >= 15 is 0 Å². The van der Waals surface area contributed by atoms with E-state index in [1.807, 2.05) is 0 Å². The summed E-state index contributed by atoms with van der Waals surface area (Å²) in [5.74, 6) is 0.766. The van der Waals surface area contributed by atoms with E-state index in [4.69, 9.17) is 10.5 Å². The minimum absolute atomic E-state index is 0.0720. The maximum Gasteiger partial charge on any atom is 0.220 e. The first-order valence-electron chi connectivity index (χ1n) is 8.83. The summed E-state index contributed by atoms with van der Waals surface area (Å²) in [6.07, 6.45) is 11.6. The van der Waals surface area contributed by atoms with Crippen molar-refractivity contribution in [1.82, 2.24) is 5.32 Å². The molecule has 0 spiro atoms. The molecule has 3 atom stereocenters. The molecular formula is C17H30N2O2. The maximum absolute atomic E-state index is 12.5. The molecule has 0 aromatic carbocycles. The second-order valence-electron chi connectivity index (χ2n) is 7.41. The van der Waals surface area contributed by atoms with Crippen LogP contribution in [0.15, 0.2) is 0 Å². The largest absolute Gasteiger partial charge is 0.378 e. The Kier molecular flexibility index (Phi) is 4.85. The molecule has 3 rings (SSSR count). The van der Waals surface area contributed by atoms with Crippen LogP contribution in [-0.4, -0.2) is 31.2 Å². The number of nitrogens with one attached hydrogen (secondary N) is 1. The van der Waals surface area contributed by atoms with Crippen molar-refractivity contribution < 1.29 is 9.53 Å². The van der Waals surface area contributed by atoms with Gasteiger partial charge in [-0.15, -0.1) is 0 Å². The summed E-state index contributed by atoms with van der Waals surface area (Å²) >= 11 is 0. The molecule has 3 fully saturated rings. The Morgan fingerprint density at radius 1 is 1.14 bits per heavy atom. The molecule has 1 aliphatic heterocycles. The zero-order valence-electron chi connectivity index (χ0n) is 13.1. The Balaban J connectivity index is 1.55. The van der Waals surface area contributed by atoms with E-state index in [2.05, 4.69) is 5.32 Å². The van der Waals surface area contributed by atoms with E-state index in [0.717, 1.165) is 32.3 Å². The molecule has 1 heterocycles. The fourth-order valence-corrected chi connectivity index (χ4v) is 4.71. The number of fused-ring (bicyclic) bond motifs is 1. The van der Waals surface area contributed by atoms with Crippen LogP contribution in [0, 0.1) is 11.3 Å². The first-order chi connectivity index (χ1) is 10.2. The number of carbonyl (C=O) groups excluding carboxylic acids is 1. The van der Waals surface area contributed by atoms with Gasteiger partial charge >= 0.3 is 0 Å². The van der Waals surface area contributed by atoms with E-state index in [9.17, 15) is 4.79 Å². The van der Waals surface area contributed by atoms with E-state index in [-0.39, 0.29) is 11.3 Å². The number of carbonyl (C=O) groups is 1. The molecule has 3 aliphatic rings. The molecule has 3 N–H and O–H groups in total. The molecule has 0 aromatic rings. The van der Waals surface area contributed by atoms with Crippen LogP contribution in [0.3, 0.4) is 0 Å². The normalized spacial score (nSPS) is 35.2. The van der Waals surface area contributed by atoms with E-state index < -0.39 is 0 Å². The van der Waals surface area contributed by atoms with Gasteiger partial charge in [-0.2, -0.15) is 0 Å². The molecule has 3 unspecified atom stereocenters. The number of rotatable bonds is 4. The first-order valence-corrected chi connectivity index (χ1v) is 8.83. The van der Waals surface area contributed by atoms with Gasteiger partial charge in [0.15, 0.2) is 0 Å². The third-order valence-electron chi connectivity index (χ3n) is 6.01. The third-order valence-corrected chi connectivity index (χ3v) is 6.01. The second-order valence-corrected chi connectivity index (χ2v) is 7.41. The second kappa shape index (κ2) is 6.66. The number of hydrogen-bond donors (Lipinski definition) is 2. The molecule has 1 amide bonds. The van der Waals surface area contributed by atoms with Crippen molar-refractivity contribution in [3.63, 3.8) is 0 Å². The summed E-state index contributed by atoms with van der Waals surface area (Å²) in [6, 6.07) is 0.331. The van der Waals surface area contributed by atoms with Crippen LogP contribution in [-0.2, 0) is 9.53 Å². The topological polar surface area (TPSA) is 64.4 Å². The van der Waals surface area contributed by atoms with Crippen molar-refractivity contribution in [3.05, 3.63) is 0 Å². The Labute approximate surface area is 128 Å². The van der Waals surface area contributed by atoms with Crippen LogP contribution >= 0.6 is 0 Å². The lowest BCUT2D eigenvalue weighted by molar-refractivity contribution is -0.125. The smallest absolute Gasteiger partial charge is 0.220 e. The minimum atomic E-state index is 0.0720. The highest BCUT2D eigenvalue weighted by Gasteiger charge is 2.39. The van der Waals surface area contributed by atoms with Gasteiger partial charge in [0, 0.05) is 25.0 Å². The summed E-state index contributed by atoms with van der Waals surface area (Å²) in [5.41, 5.74) is 6.08. The van der Waals surface area contributed by atoms with Crippen LogP contribution in [0.5, 0.6) is 0 Å². The van der Waals surface area contributed by atoms with Crippen LogP contribution in [0.25, 0.3) is 0 Å². The zero-order chi connectivity index (χ0) is 14.7. The zero-order valence-corrected chi connectivity index (χ0v) is 13.1. The fraction of sp³-hybridized carbons (Fsp3) is 0.941. The molecule has 120 valence electrons. The average Bonchev–Trinajstić information content (AvgIpc) is 2.98. The molecule has 0 bridgehead atoms. The Morgan fingerprint density at radius 2 is 1.95 bits per heavy atom. The summed E-state index contributed by atoms with van der Waals surface area (Å²) in [5, 5.41) is 3.32. The molecule has 0 aromatic heterocycles. The van der Waals surface area contributed by atoms with Crippen LogP contribution in [0.1, 0.15) is 64.2 Å². The van der Waals surface area contributed by atoms with Crippen molar-refractivity contribution in [2.45, 2.75) is 76.4 Å². The van der Waals surface area contributed by atoms with Gasteiger partial charge in [-0.05, 0) is 50.5 Å². The molecule has 2 aliphatic carbocycles. The predicted octanol–water partition coefficient (Wildman–Crippen LogP) is 2.36. The van der Waals surface area contributed by atoms with Crippen LogP contribution in [0.4, 0.5) is 0 Å². The molecule has 21 heavy (non-hydrogen) atoms. The third kappa shape index (κ3) is 3.42. The van der Waals surface area contributed by atoms with Crippen molar-refractivity contribution >= 4 is 5.91 Å². The lowest BCUT2D eigenvalue weighted by Crippen LogP contribution is -2.47. The number of hydrogen-bond acceptors (Lipinski definition) is 3. The maximum atomic E-state index is 12.5. The van der Waals surface area contributed by atoms with Gasteiger partial charge in [0.1, 0.15) is 0 Å². The van der Waals surface area contributed by atoms with Gasteiger partial charge in [-0.25, -0.2) is 0 Å². The predicted molar refractivity (Wildman–Crippen MR) is 82.8 cm³/mol. The van der Waals surface area contributed by atoms with Gasteiger partial charge in [0.05, 0.1) is 6.10 Å². The monoisotopic (exact) mass is 294 g/mol. The molecular weight excluding hydrogens is 264 g/mol. The first kappa shape index (κ1) is 15.3. The fourth-order valence-electron chi connectivity index (χ4n) is 4.71. The molecule has 0 radical (unpaired) electrons. The van der Waals surface area contributed by atoms with Gasteiger partial charge in [-0.1, -0.05) is 19.3 Å². The van der Waals surface area contributed by atoms with E-state index in [1.165, 1.54) is 32.1 Å². The quantitative estimate of drug-likeness (QED) is 0.836. The van der Waals surface area contributed by atoms with Crippen molar-refractivity contribution in [2.75, 3.05) is 13.2 Å². The van der Waals surface area contributed by atoms with E-state index in [1.54, 1.807) is 0 Å². The van der Waals surface area contributed by atoms with E-state index in [0.29, 0.717) is 31.0 Å². The lowest BCUT2D eigenvalue weighted by atomic mass is 9.71. The van der Waals surface area contributed by atoms with Gasteiger partial charge in [-0.3, -0.25) is 4.79 Å². The molecule has 4 heteroatoms. The lowest BCUT2D eigenvalue weighted by Gasteiger charge is -2.37. The van der Waals surface area contributed by atoms with Gasteiger partial charge in [0.25, 0.3) is 0 Å². The number of nitrogens with two attached hydrogens (primary N) is 1. The summed E-state index contributed by atoms with van der Waals surface area (Å²) in [6.45, 7) is 1.52. The highest BCUT2D eigenvalue weighted by molar-refractivity contribution is 5.77. The minimum Gasteiger partial charge on any atom is -0.378 e. The Hall–Kier alpha value is -0.610. The highest BCUT2D eigenvalue weighted by atomic mass is 16.5. The summed E-state index contributed by atoms with van der Waals surface area (Å²) < 4.78 is 5.79. The summed E-state index contributed by atoms with van der Waals surface area (Å²) in [7, 11) is 0. The Morgan fingerprint density at radius 3 is 2.71 bits per heavy atom. The molecule has 4 nitrogen and oxygen atoms in total. The average molecular weight is 294 g/mol. The van der Waals surface area contributed by atoms with Crippen molar-refractivity contribution in [1.29, 1.82) is 0 Å². The van der Waals surface area contributed by atoms with Gasteiger partial charge < -0.3 is 15.8 Å². The highest BCUT2D eigenvalue weighted by Crippen LogP contribution is 2.39. The SMILES string of the molecule is NCC1(CC(=O)NC2CCCC3OCCC23)CCCCC1. The number of amides is 1. The van der Waals surface area contributed by atoms with Crippen molar-refractivity contribution in [3.8, 4) is 0 Å². The summed E-state index contributed by atoms with van der Waals surface area (Å²) in [4.78, 5) is 12.5. The molecule has 2 saturated carbocycles. The van der Waals surface area contributed by atoms with Crippen LogP contribution in [0.2, 0.25) is 0 Å². The van der Waals surface area contributed by atoms with Gasteiger partial charge in [0.2, 0.25) is 5.91 Å².